The second kappa shape index (κ2) is 7.55. The molecule has 24 heavy (non-hydrogen) atoms. The Kier molecular flexibility index (Phi) is 5.70. The number of hydrogen-bond donors (Lipinski definition) is 2. The smallest absolute Gasteiger partial charge is 0.408 e. The molecular weight excluding hydrogens is 308 g/mol. The first kappa shape index (κ1) is 18.1. The Balaban J connectivity index is 2.02. The molecule has 132 valence electrons. The lowest BCUT2D eigenvalue weighted by Crippen LogP contribution is -2.47. The van der Waals surface area contributed by atoms with Crippen LogP contribution in [-0.4, -0.2) is 37.3 Å². The van der Waals surface area contributed by atoms with Gasteiger partial charge in [-0.2, -0.15) is 0 Å². The molecule has 1 aliphatic rings. The normalized spacial score (nSPS) is 21.4. The fourth-order valence-corrected chi connectivity index (χ4v) is 2.80. The molecule has 0 aromatic heterocycles. The first-order valence-corrected chi connectivity index (χ1v) is 8.20. The SMILES string of the molecule is COc1ccccc1C1CC[C@@H](NC(=O)OC(C)(C)C)C(=O)NC1. The van der Waals surface area contributed by atoms with Gasteiger partial charge in [0.15, 0.2) is 0 Å². The van der Waals surface area contributed by atoms with Crippen molar-refractivity contribution < 1.29 is 19.1 Å². The summed E-state index contributed by atoms with van der Waals surface area (Å²) in [6.45, 7) is 5.89. The Morgan fingerprint density at radius 1 is 1.25 bits per heavy atom. The number of ether oxygens (including phenoxy) is 2. The van der Waals surface area contributed by atoms with E-state index in [0.29, 0.717) is 13.0 Å². The molecule has 1 aliphatic heterocycles. The molecule has 6 heteroatoms. The molecule has 0 radical (unpaired) electrons. The molecule has 1 unspecified atom stereocenters. The number of rotatable bonds is 3. The molecule has 0 aliphatic carbocycles. The quantitative estimate of drug-likeness (QED) is 0.891. The van der Waals surface area contributed by atoms with Gasteiger partial charge in [-0.3, -0.25) is 4.79 Å². The van der Waals surface area contributed by atoms with Crippen LogP contribution in [0.4, 0.5) is 4.79 Å². The fourth-order valence-electron chi connectivity index (χ4n) is 2.80. The second-order valence-corrected chi connectivity index (χ2v) is 6.96. The second-order valence-electron chi connectivity index (χ2n) is 6.96. The zero-order chi connectivity index (χ0) is 17.7. The highest BCUT2D eigenvalue weighted by Gasteiger charge is 2.29. The third-order valence-corrected chi connectivity index (χ3v) is 3.91. The molecule has 0 bridgehead atoms. The van der Waals surface area contributed by atoms with Crippen LogP contribution >= 0.6 is 0 Å². The molecule has 1 heterocycles. The maximum Gasteiger partial charge on any atom is 0.408 e. The summed E-state index contributed by atoms with van der Waals surface area (Å²) in [5.41, 5.74) is 0.476. The van der Waals surface area contributed by atoms with Crippen molar-refractivity contribution in [3.05, 3.63) is 29.8 Å². The van der Waals surface area contributed by atoms with Crippen LogP contribution in [0, 0.1) is 0 Å². The van der Waals surface area contributed by atoms with Crippen LogP contribution in [0.5, 0.6) is 5.75 Å². The maximum atomic E-state index is 12.2. The van der Waals surface area contributed by atoms with Gasteiger partial charge < -0.3 is 20.1 Å². The molecule has 1 fully saturated rings. The molecule has 1 aromatic rings. The molecule has 1 aromatic carbocycles. The maximum absolute atomic E-state index is 12.2. The fraction of sp³-hybridized carbons (Fsp3) is 0.556. The number of methoxy groups -OCH3 is 1. The minimum Gasteiger partial charge on any atom is -0.496 e. The molecule has 0 spiro atoms. The lowest BCUT2D eigenvalue weighted by Gasteiger charge is -2.22. The Bertz CT molecular complexity index is 595. The summed E-state index contributed by atoms with van der Waals surface area (Å²) >= 11 is 0. The average Bonchev–Trinajstić information content (AvgIpc) is 2.68. The summed E-state index contributed by atoms with van der Waals surface area (Å²) in [5.74, 6) is 0.782. The standard InChI is InChI=1S/C18H26N2O4/c1-18(2,3)24-17(22)20-14-10-9-12(11-19-16(14)21)13-7-5-6-8-15(13)23-4/h5-8,12,14H,9-11H2,1-4H3,(H,19,21)(H,20,22)/t12?,14-/m1/s1. The van der Waals surface area contributed by atoms with Gasteiger partial charge in [0, 0.05) is 12.5 Å². The largest absolute Gasteiger partial charge is 0.496 e. The highest BCUT2D eigenvalue weighted by atomic mass is 16.6. The van der Waals surface area contributed by atoms with Crippen molar-refractivity contribution in [3.63, 3.8) is 0 Å². The Morgan fingerprint density at radius 2 is 1.96 bits per heavy atom. The third-order valence-electron chi connectivity index (χ3n) is 3.91. The number of carbonyl (C=O) groups is 2. The number of hydrogen-bond acceptors (Lipinski definition) is 4. The number of nitrogens with one attached hydrogen (secondary N) is 2. The van der Waals surface area contributed by atoms with E-state index in [1.165, 1.54) is 0 Å². The summed E-state index contributed by atoms with van der Waals surface area (Å²) in [6.07, 6.45) is 0.742. The van der Waals surface area contributed by atoms with Crippen LogP contribution in [-0.2, 0) is 9.53 Å². The van der Waals surface area contributed by atoms with Gasteiger partial charge in [0.2, 0.25) is 5.91 Å². The Hall–Kier alpha value is -2.24. The van der Waals surface area contributed by atoms with Crippen molar-refractivity contribution in [1.29, 1.82) is 0 Å². The highest BCUT2D eigenvalue weighted by Crippen LogP contribution is 2.31. The molecular formula is C18H26N2O4. The van der Waals surface area contributed by atoms with Crippen molar-refractivity contribution in [3.8, 4) is 5.75 Å². The van der Waals surface area contributed by atoms with E-state index < -0.39 is 17.7 Å². The Morgan fingerprint density at radius 3 is 2.62 bits per heavy atom. The van der Waals surface area contributed by atoms with E-state index in [1.807, 2.05) is 24.3 Å². The zero-order valence-electron chi connectivity index (χ0n) is 14.7. The number of benzene rings is 1. The van der Waals surface area contributed by atoms with Gasteiger partial charge >= 0.3 is 6.09 Å². The van der Waals surface area contributed by atoms with E-state index in [0.717, 1.165) is 17.7 Å². The van der Waals surface area contributed by atoms with E-state index in [9.17, 15) is 9.59 Å². The summed E-state index contributed by atoms with van der Waals surface area (Å²) in [4.78, 5) is 24.1. The topological polar surface area (TPSA) is 76.7 Å². The van der Waals surface area contributed by atoms with Crippen molar-refractivity contribution in [2.24, 2.45) is 0 Å². The minimum atomic E-state index is -0.592. The zero-order valence-corrected chi connectivity index (χ0v) is 14.7. The predicted molar refractivity (Wildman–Crippen MR) is 91.1 cm³/mol. The van der Waals surface area contributed by atoms with Crippen LogP contribution < -0.4 is 15.4 Å². The first-order valence-electron chi connectivity index (χ1n) is 8.20. The summed E-state index contributed by atoms with van der Waals surface area (Å²) in [6, 6.07) is 7.22. The van der Waals surface area contributed by atoms with Gasteiger partial charge in [0.25, 0.3) is 0 Å². The first-order chi connectivity index (χ1) is 11.3. The summed E-state index contributed by atoms with van der Waals surface area (Å²) in [7, 11) is 1.64. The predicted octanol–water partition coefficient (Wildman–Crippen LogP) is 2.58. The van der Waals surface area contributed by atoms with Crippen molar-refractivity contribution in [2.45, 2.75) is 51.2 Å². The lowest BCUT2D eigenvalue weighted by atomic mass is 9.93. The Labute approximate surface area is 142 Å². The molecule has 1 saturated heterocycles. The van der Waals surface area contributed by atoms with E-state index in [4.69, 9.17) is 9.47 Å². The minimum absolute atomic E-state index is 0.149. The van der Waals surface area contributed by atoms with E-state index in [2.05, 4.69) is 10.6 Å². The molecule has 6 nitrogen and oxygen atoms in total. The van der Waals surface area contributed by atoms with Gasteiger partial charge in [-0.1, -0.05) is 18.2 Å². The van der Waals surface area contributed by atoms with Gasteiger partial charge in [0.05, 0.1) is 7.11 Å². The van der Waals surface area contributed by atoms with Crippen molar-refractivity contribution in [1.82, 2.24) is 10.6 Å². The van der Waals surface area contributed by atoms with Crippen LogP contribution in [0.1, 0.15) is 45.1 Å². The summed E-state index contributed by atoms with van der Waals surface area (Å²) in [5, 5.41) is 5.56. The van der Waals surface area contributed by atoms with Gasteiger partial charge in [-0.15, -0.1) is 0 Å². The molecule has 0 saturated carbocycles. The molecule has 2 N–H and O–H groups in total. The van der Waals surface area contributed by atoms with Crippen LogP contribution in [0.2, 0.25) is 0 Å². The van der Waals surface area contributed by atoms with Crippen molar-refractivity contribution >= 4 is 12.0 Å². The van der Waals surface area contributed by atoms with Gasteiger partial charge in [-0.05, 0) is 45.2 Å². The van der Waals surface area contributed by atoms with Crippen LogP contribution in [0.25, 0.3) is 0 Å². The number of amides is 2. The molecule has 2 rings (SSSR count). The summed E-state index contributed by atoms with van der Waals surface area (Å²) < 4.78 is 10.6. The molecule has 2 amide bonds. The number of alkyl carbamates (subject to hydrolysis) is 1. The van der Waals surface area contributed by atoms with E-state index in [1.54, 1.807) is 27.9 Å². The third kappa shape index (κ3) is 4.88. The highest BCUT2D eigenvalue weighted by molar-refractivity contribution is 5.86. The molecule has 2 atom stereocenters. The van der Waals surface area contributed by atoms with E-state index in [-0.39, 0.29) is 11.8 Å². The average molecular weight is 334 g/mol. The monoisotopic (exact) mass is 334 g/mol. The van der Waals surface area contributed by atoms with Crippen LogP contribution in [0.3, 0.4) is 0 Å². The number of para-hydroxylation sites is 1. The number of carbonyl (C=O) groups excluding carboxylic acids is 2. The van der Waals surface area contributed by atoms with Crippen LogP contribution in [0.15, 0.2) is 24.3 Å². The van der Waals surface area contributed by atoms with Gasteiger partial charge in [-0.25, -0.2) is 4.79 Å². The van der Waals surface area contributed by atoms with Gasteiger partial charge in [0.1, 0.15) is 17.4 Å². The lowest BCUT2D eigenvalue weighted by molar-refractivity contribution is -0.122. The van der Waals surface area contributed by atoms with E-state index >= 15 is 0 Å². The van der Waals surface area contributed by atoms with Crippen molar-refractivity contribution in [2.75, 3.05) is 13.7 Å².